The highest BCUT2D eigenvalue weighted by Crippen LogP contribution is 1.94. The second-order valence-corrected chi connectivity index (χ2v) is 2.81. The Bertz CT molecular complexity index is 221. The molecule has 4 heteroatoms. The molecular formula is C12H20O4. The van der Waals surface area contributed by atoms with Crippen LogP contribution < -0.4 is 0 Å². The first-order chi connectivity index (χ1) is 7.62. The maximum Gasteiger partial charge on any atom is 0.330 e. The molecule has 0 aliphatic heterocycles. The van der Waals surface area contributed by atoms with E-state index in [4.69, 9.17) is 4.74 Å². The third-order valence-electron chi connectivity index (χ3n) is 1.53. The van der Waals surface area contributed by atoms with Crippen molar-refractivity contribution in [3.8, 4) is 0 Å². The van der Waals surface area contributed by atoms with Crippen molar-refractivity contribution in [1.82, 2.24) is 0 Å². The van der Waals surface area contributed by atoms with Crippen molar-refractivity contribution in [3.63, 3.8) is 0 Å². The summed E-state index contributed by atoms with van der Waals surface area (Å²) in [4.78, 5) is 20.3. The number of hydrogen-bond acceptors (Lipinski definition) is 4. The average molecular weight is 228 g/mol. The summed E-state index contributed by atoms with van der Waals surface area (Å²) < 4.78 is 8.88. The highest BCUT2D eigenvalue weighted by molar-refractivity contribution is 5.81. The van der Waals surface area contributed by atoms with Crippen molar-refractivity contribution < 1.29 is 19.1 Å². The van der Waals surface area contributed by atoms with E-state index in [1.807, 2.05) is 0 Å². The Kier molecular flexibility index (Phi) is 14.1. The number of rotatable bonds is 6. The third-order valence-corrected chi connectivity index (χ3v) is 1.53. The lowest BCUT2D eigenvalue weighted by Gasteiger charge is -1.98. The molecule has 0 aliphatic carbocycles. The Morgan fingerprint density at radius 3 is 2.00 bits per heavy atom. The van der Waals surface area contributed by atoms with E-state index in [9.17, 15) is 9.59 Å². The highest BCUT2D eigenvalue weighted by Gasteiger charge is 1.92. The molecule has 0 saturated carbocycles. The normalized spacial score (nSPS) is 8.12. The summed E-state index contributed by atoms with van der Waals surface area (Å²) in [6.45, 7) is 9.07. The van der Waals surface area contributed by atoms with Crippen LogP contribution in [0.3, 0.4) is 0 Å². The average Bonchev–Trinajstić information content (AvgIpc) is 2.34. The molecule has 16 heavy (non-hydrogen) atoms. The van der Waals surface area contributed by atoms with Crippen molar-refractivity contribution in [2.45, 2.75) is 26.2 Å². The van der Waals surface area contributed by atoms with Crippen LogP contribution in [0.5, 0.6) is 0 Å². The van der Waals surface area contributed by atoms with Crippen LogP contribution in [0.1, 0.15) is 26.2 Å². The van der Waals surface area contributed by atoms with Crippen molar-refractivity contribution in [1.29, 1.82) is 0 Å². The summed E-state index contributed by atoms with van der Waals surface area (Å²) in [5.41, 5.74) is 0. The molecule has 0 aromatic heterocycles. The first kappa shape index (κ1) is 16.8. The van der Waals surface area contributed by atoms with Gasteiger partial charge in [-0.3, -0.25) is 0 Å². The molecule has 0 atom stereocenters. The molecule has 0 N–H and O–H groups in total. The molecule has 0 radical (unpaired) electrons. The zero-order chi connectivity index (χ0) is 12.8. The minimum atomic E-state index is -0.394. The number of hydrogen-bond donors (Lipinski definition) is 0. The lowest BCUT2D eigenvalue weighted by molar-refractivity contribution is -0.138. The van der Waals surface area contributed by atoms with Crippen LogP contribution in [0.2, 0.25) is 0 Å². The van der Waals surface area contributed by atoms with E-state index >= 15 is 0 Å². The van der Waals surface area contributed by atoms with Gasteiger partial charge in [0.05, 0.1) is 13.7 Å². The molecule has 0 aromatic rings. The zero-order valence-electron chi connectivity index (χ0n) is 10.0. The molecule has 92 valence electrons. The Morgan fingerprint density at radius 2 is 1.69 bits per heavy atom. The molecule has 0 fully saturated rings. The number of unbranched alkanes of at least 4 members (excludes halogenated alkanes) is 2. The van der Waals surface area contributed by atoms with Crippen molar-refractivity contribution >= 4 is 11.9 Å². The number of carbonyl (C=O) groups excluding carboxylic acids is 2. The summed E-state index contributed by atoms with van der Waals surface area (Å²) in [5, 5.41) is 0. The smallest absolute Gasteiger partial charge is 0.330 e. The number of methoxy groups -OCH3 is 1. The van der Waals surface area contributed by atoms with Crippen LogP contribution in [-0.4, -0.2) is 25.7 Å². The molecule has 0 amide bonds. The predicted octanol–water partition coefficient (Wildman–Crippen LogP) is 2.25. The zero-order valence-corrected chi connectivity index (χ0v) is 10.0. The maximum atomic E-state index is 10.4. The minimum Gasteiger partial charge on any atom is -0.466 e. The summed E-state index contributed by atoms with van der Waals surface area (Å²) in [7, 11) is 1.31. The molecule has 0 spiro atoms. The molecule has 0 bridgehead atoms. The first-order valence-electron chi connectivity index (χ1n) is 5.11. The fraction of sp³-hybridized carbons (Fsp3) is 0.500. The second-order valence-electron chi connectivity index (χ2n) is 2.81. The van der Waals surface area contributed by atoms with Gasteiger partial charge < -0.3 is 9.47 Å². The number of ether oxygens (including phenoxy) is 2. The van der Waals surface area contributed by atoms with E-state index in [1.54, 1.807) is 0 Å². The van der Waals surface area contributed by atoms with Gasteiger partial charge >= 0.3 is 11.9 Å². The summed E-state index contributed by atoms with van der Waals surface area (Å²) in [6.07, 6.45) is 5.51. The number of esters is 2. The van der Waals surface area contributed by atoms with Crippen LogP contribution in [0.4, 0.5) is 0 Å². The van der Waals surface area contributed by atoms with Crippen molar-refractivity contribution in [3.05, 3.63) is 25.3 Å². The molecule has 4 nitrogen and oxygen atoms in total. The monoisotopic (exact) mass is 228 g/mol. The Morgan fingerprint density at radius 1 is 1.12 bits per heavy atom. The van der Waals surface area contributed by atoms with Gasteiger partial charge in [0.2, 0.25) is 0 Å². The van der Waals surface area contributed by atoms with Crippen LogP contribution in [0, 0.1) is 0 Å². The van der Waals surface area contributed by atoms with Crippen molar-refractivity contribution in [2.24, 2.45) is 0 Å². The lowest BCUT2D eigenvalue weighted by Crippen LogP contribution is -2.01. The summed E-state index contributed by atoms with van der Waals surface area (Å²) in [6, 6.07) is 0. The van der Waals surface area contributed by atoms with Gasteiger partial charge in [-0.1, -0.05) is 32.9 Å². The quantitative estimate of drug-likeness (QED) is 0.397. The molecular weight excluding hydrogens is 208 g/mol. The van der Waals surface area contributed by atoms with E-state index < -0.39 is 5.97 Å². The standard InChI is InChI=1S/C8H14O2.C4H6O2/c1-3-5-6-7-10-8(9)4-2;1-3-4(5)6-2/h4H,2-3,5-7H2,1H3;3H,1H2,2H3. The molecule has 0 heterocycles. The fourth-order valence-corrected chi connectivity index (χ4v) is 0.667. The first-order valence-corrected chi connectivity index (χ1v) is 5.11. The Balaban J connectivity index is 0. The third kappa shape index (κ3) is 14.9. The van der Waals surface area contributed by atoms with Gasteiger partial charge in [-0.15, -0.1) is 0 Å². The largest absolute Gasteiger partial charge is 0.466 e. The van der Waals surface area contributed by atoms with Crippen molar-refractivity contribution in [2.75, 3.05) is 13.7 Å². The summed E-state index contributed by atoms with van der Waals surface area (Å²) >= 11 is 0. The van der Waals surface area contributed by atoms with Gasteiger partial charge in [0, 0.05) is 12.2 Å². The lowest BCUT2D eigenvalue weighted by atomic mass is 10.3. The molecule has 0 rings (SSSR count). The highest BCUT2D eigenvalue weighted by atomic mass is 16.5. The molecule has 0 aromatic carbocycles. The molecule has 0 aliphatic rings. The second kappa shape index (κ2) is 13.4. The van der Waals surface area contributed by atoms with E-state index in [-0.39, 0.29) is 5.97 Å². The Hall–Kier alpha value is -1.58. The van der Waals surface area contributed by atoms with Crippen LogP contribution in [-0.2, 0) is 19.1 Å². The van der Waals surface area contributed by atoms with E-state index in [0.717, 1.165) is 25.3 Å². The van der Waals surface area contributed by atoms with E-state index in [0.29, 0.717) is 6.61 Å². The van der Waals surface area contributed by atoms with Crippen LogP contribution in [0.15, 0.2) is 25.3 Å². The van der Waals surface area contributed by atoms with Gasteiger partial charge in [-0.2, -0.15) is 0 Å². The SMILES string of the molecule is C=CC(=O)OC.C=CC(=O)OCCCCC. The topological polar surface area (TPSA) is 52.6 Å². The van der Waals surface area contributed by atoms with Gasteiger partial charge in [0.25, 0.3) is 0 Å². The van der Waals surface area contributed by atoms with Crippen LogP contribution in [0.25, 0.3) is 0 Å². The fourth-order valence-electron chi connectivity index (χ4n) is 0.667. The maximum absolute atomic E-state index is 10.4. The number of carbonyl (C=O) groups is 2. The van der Waals surface area contributed by atoms with Gasteiger partial charge in [-0.05, 0) is 6.42 Å². The molecule has 0 unspecified atom stereocenters. The van der Waals surface area contributed by atoms with E-state index in [1.165, 1.54) is 13.2 Å². The minimum absolute atomic E-state index is 0.323. The van der Waals surface area contributed by atoms with Gasteiger partial charge in [0.1, 0.15) is 0 Å². The van der Waals surface area contributed by atoms with E-state index in [2.05, 4.69) is 24.8 Å². The summed E-state index contributed by atoms with van der Waals surface area (Å²) in [5.74, 6) is -0.717. The van der Waals surface area contributed by atoms with Gasteiger partial charge in [-0.25, -0.2) is 9.59 Å². The van der Waals surface area contributed by atoms with Gasteiger partial charge in [0.15, 0.2) is 0 Å². The molecule has 0 saturated heterocycles. The Labute approximate surface area is 96.9 Å². The van der Waals surface area contributed by atoms with Crippen LogP contribution >= 0.6 is 0 Å². The predicted molar refractivity (Wildman–Crippen MR) is 62.9 cm³/mol.